The van der Waals surface area contributed by atoms with Gasteiger partial charge in [0.25, 0.3) is 0 Å². The van der Waals surface area contributed by atoms with Crippen LogP contribution in [0.3, 0.4) is 0 Å². The van der Waals surface area contributed by atoms with Crippen LogP contribution in [0.25, 0.3) is 0 Å². The number of nitrogens with one attached hydrogen (secondary N) is 2. The fourth-order valence-electron chi connectivity index (χ4n) is 1.68. The first-order valence-electron chi connectivity index (χ1n) is 7.00. The normalized spacial score (nSPS) is 11.4. The van der Waals surface area contributed by atoms with Crippen molar-refractivity contribution in [2.75, 3.05) is 23.8 Å². The van der Waals surface area contributed by atoms with Crippen LogP contribution < -0.4 is 10.6 Å². The third kappa shape index (κ3) is 8.82. The van der Waals surface area contributed by atoms with Crippen LogP contribution in [0, 0.1) is 5.92 Å². The first-order chi connectivity index (χ1) is 10.7. The summed E-state index contributed by atoms with van der Waals surface area (Å²) in [5.41, 5.74) is 0.967. The van der Waals surface area contributed by atoms with E-state index in [4.69, 9.17) is 0 Å². The van der Waals surface area contributed by atoms with E-state index in [0.717, 1.165) is 0 Å². The maximum absolute atomic E-state index is 11.9. The molecule has 1 aromatic carbocycles. The second-order valence-electron chi connectivity index (χ2n) is 5.38. The van der Waals surface area contributed by atoms with E-state index in [0.29, 0.717) is 17.8 Å². The number of hydrogen-bond acceptors (Lipinski definition) is 3. The van der Waals surface area contributed by atoms with E-state index in [9.17, 15) is 22.8 Å². The Bertz CT molecular complexity index is 528. The highest BCUT2D eigenvalue weighted by Crippen LogP contribution is 2.16. The summed E-state index contributed by atoms with van der Waals surface area (Å²) < 4.78 is 39.9. The highest BCUT2D eigenvalue weighted by Gasteiger charge is 2.27. The monoisotopic (exact) mass is 332 g/mol. The summed E-state index contributed by atoms with van der Waals surface area (Å²) in [4.78, 5) is 23.0. The van der Waals surface area contributed by atoms with Gasteiger partial charge < -0.3 is 15.4 Å². The molecule has 0 atom stereocenters. The number of carbonyl (C=O) groups is 2. The molecule has 8 heteroatoms. The molecule has 5 nitrogen and oxygen atoms in total. The van der Waals surface area contributed by atoms with E-state index in [1.54, 1.807) is 12.1 Å². The van der Waals surface area contributed by atoms with Gasteiger partial charge in [0.2, 0.25) is 11.8 Å². The number of alkyl halides is 3. The highest BCUT2D eigenvalue weighted by molar-refractivity contribution is 5.93. The zero-order valence-corrected chi connectivity index (χ0v) is 12.9. The van der Waals surface area contributed by atoms with Crippen LogP contribution in [0.5, 0.6) is 0 Å². The van der Waals surface area contributed by atoms with Gasteiger partial charge in [0.15, 0.2) is 0 Å². The van der Waals surface area contributed by atoms with Crippen molar-refractivity contribution in [3.05, 3.63) is 24.3 Å². The Morgan fingerprint density at radius 1 is 1.04 bits per heavy atom. The number of hydrogen-bond donors (Lipinski definition) is 2. The van der Waals surface area contributed by atoms with Gasteiger partial charge in [-0.3, -0.25) is 9.59 Å². The number of rotatable bonds is 7. The Kier molecular flexibility index (Phi) is 7.02. The number of carbonyl (C=O) groups excluding carboxylic acids is 2. The van der Waals surface area contributed by atoms with Crippen molar-refractivity contribution < 1.29 is 27.5 Å². The summed E-state index contributed by atoms with van der Waals surface area (Å²) >= 11 is 0. The van der Waals surface area contributed by atoms with E-state index >= 15 is 0 Å². The van der Waals surface area contributed by atoms with Crippen molar-refractivity contribution in [2.45, 2.75) is 26.4 Å². The summed E-state index contributed by atoms with van der Waals surface area (Å²) in [6.07, 6.45) is -4.06. The van der Waals surface area contributed by atoms with Crippen LogP contribution in [-0.4, -0.2) is 31.2 Å². The Morgan fingerprint density at radius 3 is 1.96 bits per heavy atom. The van der Waals surface area contributed by atoms with Gasteiger partial charge in [0.05, 0.1) is 0 Å². The van der Waals surface area contributed by atoms with Gasteiger partial charge in [0.1, 0.15) is 13.2 Å². The maximum Gasteiger partial charge on any atom is 0.411 e. The van der Waals surface area contributed by atoms with E-state index < -0.39 is 25.3 Å². The van der Waals surface area contributed by atoms with Crippen molar-refractivity contribution in [3.63, 3.8) is 0 Å². The summed E-state index contributed by atoms with van der Waals surface area (Å²) in [6.45, 7) is 1.70. The Balaban J connectivity index is 2.41. The molecule has 0 unspecified atom stereocenters. The number of halogens is 3. The fraction of sp³-hybridized carbons (Fsp3) is 0.467. The maximum atomic E-state index is 11.9. The lowest BCUT2D eigenvalue weighted by Crippen LogP contribution is -2.24. The molecule has 23 heavy (non-hydrogen) atoms. The minimum Gasteiger partial charge on any atom is -0.362 e. The second kappa shape index (κ2) is 8.52. The molecule has 0 saturated carbocycles. The van der Waals surface area contributed by atoms with Gasteiger partial charge in [-0.1, -0.05) is 13.8 Å². The molecule has 0 heterocycles. The van der Waals surface area contributed by atoms with E-state index in [2.05, 4.69) is 15.4 Å². The molecule has 0 aliphatic heterocycles. The Hall–Kier alpha value is -2.09. The molecule has 128 valence electrons. The van der Waals surface area contributed by atoms with Gasteiger partial charge in [-0.2, -0.15) is 13.2 Å². The van der Waals surface area contributed by atoms with Gasteiger partial charge >= 0.3 is 6.18 Å². The minimum absolute atomic E-state index is 0.114. The predicted octanol–water partition coefficient (Wildman–Crippen LogP) is 3.19. The molecule has 2 amide bonds. The molecule has 0 radical (unpaired) electrons. The molecule has 0 aliphatic carbocycles. The lowest BCUT2D eigenvalue weighted by Gasteiger charge is -2.10. The van der Waals surface area contributed by atoms with Crippen molar-refractivity contribution >= 4 is 23.2 Å². The Labute approximate surface area is 132 Å². The quantitative estimate of drug-likeness (QED) is 0.806. The highest BCUT2D eigenvalue weighted by atomic mass is 19.4. The summed E-state index contributed by atoms with van der Waals surface area (Å²) in [5, 5.41) is 5.10. The van der Waals surface area contributed by atoms with Crippen molar-refractivity contribution in [3.8, 4) is 0 Å². The van der Waals surface area contributed by atoms with Crippen LogP contribution in [0.1, 0.15) is 20.3 Å². The van der Waals surface area contributed by atoms with Gasteiger partial charge in [-0.15, -0.1) is 0 Å². The van der Waals surface area contributed by atoms with Crippen molar-refractivity contribution in [1.29, 1.82) is 0 Å². The third-order valence-electron chi connectivity index (χ3n) is 2.54. The van der Waals surface area contributed by atoms with Crippen LogP contribution in [0.2, 0.25) is 0 Å². The average Bonchev–Trinajstić information content (AvgIpc) is 2.38. The van der Waals surface area contributed by atoms with Crippen LogP contribution in [-0.2, 0) is 14.3 Å². The molecule has 0 spiro atoms. The molecule has 0 bridgehead atoms. The van der Waals surface area contributed by atoms with Gasteiger partial charge in [-0.25, -0.2) is 0 Å². The third-order valence-corrected chi connectivity index (χ3v) is 2.54. The molecule has 0 aromatic heterocycles. The fourth-order valence-corrected chi connectivity index (χ4v) is 1.68. The van der Waals surface area contributed by atoms with E-state index in [1.807, 2.05) is 13.8 Å². The zero-order chi connectivity index (χ0) is 17.5. The number of amides is 2. The van der Waals surface area contributed by atoms with Crippen LogP contribution >= 0.6 is 0 Å². The van der Waals surface area contributed by atoms with Crippen LogP contribution in [0.15, 0.2) is 24.3 Å². The number of anilines is 2. The van der Waals surface area contributed by atoms with Gasteiger partial charge in [-0.05, 0) is 30.2 Å². The molecule has 0 fully saturated rings. The molecule has 1 aromatic rings. The van der Waals surface area contributed by atoms with Gasteiger partial charge in [0, 0.05) is 17.8 Å². The molecule has 2 N–H and O–H groups in total. The first kappa shape index (κ1) is 19.0. The zero-order valence-electron chi connectivity index (χ0n) is 12.9. The average molecular weight is 332 g/mol. The largest absolute Gasteiger partial charge is 0.411 e. The number of benzene rings is 1. The SMILES string of the molecule is CC(C)CC(=O)Nc1ccc(NC(=O)COCC(F)(F)F)cc1. The molecule has 0 saturated heterocycles. The number of ether oxygens (including phenoxy) is 1. The van der Waals surface area contributed by atoms with E-state index in [1.165, 1.54) is 12.1 Å². The lowest BCUT2D eigenvalue weighted by molar-refractivity contribution is -0.174. The predicted molar refractivity (Wildman–Crippen MR) is 80.0 cm³/mol. The Morgan fingerprint density at radius 2 is 1.52 bits per heavy atom. The summed E-state index contributed by atoms with van der Waals surface area (Å²) in [6, 6.07) is 6.24. The molecule has 1 rings (SSSR count). The standard InChI is InChI=1S/C15H19F3N2O3/c1-10(2)7-13(21)19-11-3-5-12(6-4-11)20-14(22)8-23-9-15(16,17)18/h3-6,10H,7-9H2,1-2H3,(H,19,21)(H,20,22). The summed E-state index contributed by atoms with van der Waals surface area (Å²) in [7, 11) is 0. The minimum atomic E-state index is -4.46. The summed E-state index contributed by atoms with van der Waals surface area (Å²) in [5.74, 6) is -0.562. The molecular weight excluding hydrogens is 313 g/mol. The second-order valence-corrected chi connectivity index (χ2v) is 5.38. The van der Waals surface area contributed by atoms with Crippen molar-refractivity contribution in [1.82, 2.24) is 0 Å². The molecular formula is C15H19F3N2O3. The topological polar surface area (TPSA) is 67.4 Å². The molecule has 0 aliphatic rings. The smallest absolute Gasteiger partial charge is 0.362 e. The lowest BCUT2D eigenvalue weighted by atomic mass is 10.1. The van der Waals surface area contributed by atoms with E-state index in [-0.39, 0.29) is 11.8 Å². The van der Waals surface area contributed by atoms with Crippen LogP contribution in [0.4, 0.5) is 24.5 Å². The first-order valence-corrected chi connectivity index (χ1v) is 7.00. The van der Waals surface area contributed by atoms with Crippen molar-refractivity contribution in [2.24, 2.45) is 5.92 Å².